The molecule has 0 bridgehead atoms. The first-order chi connectivity index (χ1) is 12.5. The Morgan fingerprint density at radius 1 is 1.12 bits per heavy atom. The van der Waals surface area contributed by atoms with Crippen LogP contribution in [0.4, 0.5) is 0 Å². The van der Waals surface area contributed by atoms with Gasteiger partial charge in [-0.05, 0) is 31.7 Å². The van der Waals surface area contributed by atoms with Gasteiger partial charge < -0.3 is 4.52 Å². The normalized spacial score (nSPS) is 13.6. The maximum atomic E-state index is 13.2. The fourth-order valence-electron chi connectivity index (χ4n) is 3.44. The van der Waals surface area contributed by atoms with Crippen molar-refractivity contribution in [3.63, 3.8) is 0 Å². The Balaban J connectivity index is 1.93. The fourth-order valence-corrected chi connectivity index (χ4v) is 3.44. The molecule has 0 fully saturated rings. The second-order valence-electron chi connectivity index (χ2n) is 6.73. The number of rotatable bonds is 3. The van der Waals surface area contributed by atoms with Gasteiger partial charge in [0.15, 0.2) is 0 Å². The Hall–Kier alpha value is -2.96. The standard InChI is InChI=1S/C19H20N4O3/c1-12-6-8-14(9-7-12)11-23-18(24)16(17-20-13(2)26-21-17)15-5-3-4-10-22(15)19(23)25/h6-9H,3-5,10-11H2,1-2H3. The largest absolute Gasteiger partial charge is 0.339 e. The van der Waals surface area contributed by atoms with Gasteiger partial charge in [0.25, 0.3) is 5.56 Å². The zero-order valence-electron chi connectivity index (χ0n) is 14.9. The van der Waals surface area contributed by atoms with E-state index >= 15 is 0 Å². The van der Waals surface area contributed by atoms with Crippen molar-refractivity contribution in [2.45, 2.75) is 46.2 Å². The topological polar surface area (TPSA) is 82.9 Å². The van der Waals surface area contributed by atoms with E-state index in [1.54, 1.807) is 11.5 Å². The predicted octanol–water partition coefficient (Wildman–Crippen LogP) is 2.06. The summed E-state index contributed by atoms with van der Waals surface area (Å²) >= 11 is 0. The summed E-state index contributed by atoms with van der Waals surface area (Å²) in [5.74, 6) is 0.654. The molecule has 3 heterocycles. The number of hydrogen-bond donors (Lipinski definition) is 0. The van der Waals surface area contributed by atoms with Gasteiger partial charge in [-0.25, -0.2) is 4.79 Å². The lowest BCUT2D eigenvalue weighted by molar-refractivity contribution is 0.394. The van der Waals surface area contributed by atoms with Gasteiger partial charge in [0.2, 0.25) is 11.7 Å². The fraction of sp³-hybridized carbons (Fsp3) is 0.368. The van der Waals surface area contributed by atoms with Crippen LogP contribution in [0, 0.1) is 13.8 Å². The van der Waals surface area contributed by atoms with Crippen molar-refractivity contribution in [1.29, 1.82) is 0 Å². The molecule has 0 unspecified atom stereocenters. The van der Waals surface area contributed by atoms with Crippen LogP contribution in [-0.4, -0.2) is 19.3 Å². The Labute approximate surface area is 149 Å². The number of aromatic nitrogens is 4. The van der Waals surface area contributed by atoms with Gasteiger partial charge in [0.05, 0.1) is 6.54 Å². The summed E-state index contributed by atoms with van der Waals surface area (Å²) in [6.45, 7) is 4.51. The van der Waals surface area contributed by atoms with Crippen molar-refractivity contribution in [1.82, 2.24) is 19.3 Å². The highest BCUT2D eigenvalue weighted by molar-refractivity contribution is 5.56. The summed E-state index contributed by atoms with van der Waals surface area (Å²) in [6, 6.07) is 7.81. The summed E-state index contributed by atoms with van der Waals surface area (Å²) in [7, 11) is 0. The van der Waals surface area contributed by atoms with Gasteiger partial charge in [-0.15, -0.1) is 0 Å². The van der Waals surface area contributed by atoms with Crippen LogP contribution in [0.3, 0.4) is 0 Å². The molecule has 3 aromatic rings. The molecule has 0 saturated heterocycles. The lowest BCUT2D eigenvalue weighted by Crippen LogP contribution is -2.44. The molecule has 134 valence electrons. The molecule has 0 N–H and O–H groups in total. The SMILES string of the molecule is Cc1ccc(Cn2c(=O)c(-c3noc(C)n3)c3n(c2=O)CCCC3)cc1. The molecule has 2 aromatic heterocycles. The lowest BCUT2D eigenvalue weighted by atomic mass is 10.0. The smallest absolute Gasteiger partial charge is 0.331 e. The van der Waals surface area contributed by atoms with Crippen molar-refractivity contribution >= 4 is 0 Å². The average Bonchev–Trinajstić information content (AvgIpc) is 3.06. The molecule has 26 heavy (non-hydrogen) atoms. The minimum Gasteiger partial charge on any atom is -0.339 e. The van der Waals surface area contributed by atoms with E-state index in [1.807, 2.05) is 31.2 Å². The third-order valence-corrected chi connectivity index (χ3v) is 4.79. The molecule has 0 radical (unpaired) electrons. The van der Waals surface area contributed by atoms with E-state index in [4.69, 9.17) is 4.52 Å². The lowest BCUT2D eigenvalue weighted by Gasteiger charge is -2.21. The highest BCUT2D eigenvalue weighted by atomic mass is 16.5. The van der Waals surface area contributed by atoms with Gasteiger partial charge in [0.1, 0.15) is 5.56 Å². The average molecular weight is 352 g/mol. The van der Waals surface area contributed by atoms with Crippen LogP contribution >= 0.6 is 0 Å². The maximum absolute atomic E-state index is 13.2. The Bertz CT molecular complexity index is 1070. The predicted molar refractivity (Wildman–Crippen MR) is 96.2 cm³/mol. The molecule has 0 amide bonds. The van der Waals surface area contributed by atoms with Crippen molar-refractivity contribution in [3.8, 4) is 11.4 Å². The van der Waals surface area contributed by atoms with E-state index in [1.165, 1.54) is 4.57 Å². The first-order valence-electron chi connectivity index (χ1n) is 8.77. The van der Waals surface area contributed by atoms with E-state index in [2.05, 4.69) is 10.1 Å². The number of benzene rings is 1. The molecule has 1 aromatic carbocycles. The minimum atomic E-state index is -0.357. The first kappa shape index (κ1) is 16.5. The zero-order valence-corrected chi connectivity index (χ0v) is 14.9. The molecule has 1 aliphatic heterocycles. The van der Waals surface area contributed by atoms with Crippen molar-refractivity contribution in [2.24, 2.45) is 0 Å². The molecule has 4 rings (SSSR count). The quantitative estimate of drug-likeness (QED) is 0.720. The van der Waals surface area contributed by atoms with Crippen molar-refractivity contribution < 1.29 is 4.52 Å². The van der Waals surface area contributed by atoms with Crippen LogP contribution in [0.2, 0.25) is 0 Å². The Morgan fingerprint density at radius 3 is 2.58 bits per heavy atom. The Morgan fingerprint density at radius 2 is 1.88 bits per heavy atom. The molecule has 0 atom stereocenters. The minimum absolute atomic E-state index is 0.224. The Kier molecular flexibility index (Phi) is 4.06. The summed E-state index contributed by atoms with van der Waals surface area (Å²) in [4.78, 5) is 30.4. The van der Waals surface area contributed by atoms with Crippen LogP contribution in [0.25, 0.3) is 11.4 Å². The number of fused-ring (bicyclic) bond motifs is 1. The van der Waals surface area contributed by atoms with Crippen LogP contribution in [0.15, 0.2) is 38.4 Å². The van der Waals surface area contributed by atoms with E-state index < -0.39 is 0 Å². The molecule has 0 spiro atoms. The number of nitrogens with zero attached hydrogens (tertiary/aromatic N) is 4. The second-order valence-corrected chi connectivity index (χ2v) is 6.73. The van der Waals surface area contributed by atoms with Gasteiger partial charge in [0, 0.05) is 19.2 Å². The molecule has 0 saturated carbocycles. The van der Waals surface area contributed by atoms with Crippen molar-refractivity contribution in [2.75, 3.05) is 0 Å². The molecule has 0 aliphatic carbocycles. The van der Waals surface area contributed by atoms with Crippen LogP contribution in [0.1, 0.15) is 35.6 Å². The third-order valence-electron chi connectivity index (χ3n) is 4.79. The maximum Gasteiger partial charge on any atom is 0.331 e. The van der Waals surface area contributed by atoms with Gasteiger partial charge in [-0.2, -0.15) is 4.98 Å². The summed E-state index contributed by atoms with van der Waals surface area (Å²) in [5.41, 5.74) is 2.51. The van der Waals surface area contributed by atoms with Gasteiger partial charge in [-0.3, -0.25) is 13.9 Å². The second kappa shape index (κ2) is 6.40. The molecule has 7 heteroatoms. The highest BCUT2D eigenvalue weighted by Gasteiger charge is 2.25. The molecular weight excluding hydrogens is 332 g/mol. The van der Waals surface area contributed by atoms with E-state index in [0.29, 0.717) is 30.1 Å². The van der Waals surface area contributed by atoms with E-state index in [0.717, 1.165) is 24.0 Å². The molecular formula is C19H20N4O3. The monoisotopic (exact) mass is 352 g/mol. The van der Waals surface area contributed by atoms with Crippen molar-refractivity contribution in [3.05, 3.63) is 67.8 Å². The highest BCUT2D eigenvalue weighted by Crippen LogP contribution is 2.21. The van der Waals surface area contributed by atoms with Crippen LogP contribution in [-0.2, 0) is 19.5 Å². The van der Waals surface area contributed by atoms with Gasteiger partial charge >= 0.3 is 5.69 Å². The summed E-state index contributed by atoms with van der Waals surface area (Å²) < 4.78 is 8.04. The summed E-state index contributed by atoms with van der Waals surface area (Å²) in [5, 5.41) is 3.93. The number of aryl methyl sites for hydroxylation is 2. The summed E-state index contributed by atoms with van der Waals surface area (Å²) in [6.07, 6.45) is 2.52. The van der Waals surface area contributed by atoms with E-state index in [9.17, 15) is 9.59 Å². The van der Waals surface area contributed by atoms with Crippen LogP contribution in [0.5, 0.6) is 0 Å². The molecule has 7 nitrogen and oxygen atoms in total. The first-order valence-corrected chi connectivity index (χ1v) is 8.77. The molecule has 1 aliphatic rings. The third kappa shape index (κ3) is 2.79. The van der Waals surface area contributed by atoms with Crippen LogP contribution < -0.4 is 11.2 Å². The van der Waals surface area contributed by atoms with Gasteiger partial charge in [-0.1, -0.05) is 35.0 Å². The zero-order chi connectivity index (χ0) is 18.3. The number of hydrogen-bond acceptors (Lipinski definition) is 5. The van der Waals surface area contributed by atoms with E-state index in [-0.39, 0.29) is 23.6 Å².